The fourth-order valence-corrected chi connectivity index (χ4v) is 1.67. The Bertz CT molecular complexity index is 113. The van der Waals surface area contributed by atoms with Gasteiger partial charge in [-0.3, -0.25) is 0 Å². The van der Waals surface area contributed by atoms with Crippen LogP contribution in [0.3, 0.4) is 0 Å². The summed E-state index contributed by atoms with van der Waals surface area (Å²) in [5, 5.41) is 0. The summed E-state index contributed by atoms with van der Waals surface area (Å²) in [7, 11) is 0. The monoisotopic (exact) mass is 128 g/mol. The first kappa shape index (κ1) is 5.69. The van der Waals surface area contributed by atoms with Gasteiger partial charge < -0.3 is 9.47 Å². The molecule has 0 aromatic carbocycles. The quantitative estimate of drug-likeness (QED) is 0.485. The zero-order chi connectivity index (χ0) is 6.27. The fraction of sp³-hybridized carbons (Fsp3) is 1.00. The Hall–Kier alpha value is -0.0800. The van der Waals surface area contributed by atoms with Gasteiger partial charge in [-0.2, -0.15) is 0 Å². The van der Waals surface area contributed by atoms with E-state index >= 15 is 0 Å². The maximum Gasteiger partial charge on any atom is 0.160 e. The van der Waals surface area contributed by atoms with Gasteiger partial charge in [-0.1, -0.05) is 6.92 Å². The number of hydrogen-bond acceptors (Lipinski definition) is 2. The third kappa shape index (κ3) is 0.775. The van der Waals surface area contributed by atoms with Crippen LogP contribution in [0.2, 0.25) is 0 Å². The maximum absolute atomic E-state index is 5.37. The highest BCUT2D eigenvalue weighted by Crippen LogP contribution is 2.34. The molecule has 0 spiro atoms. The van der Waals surface area contributed by atoms with E-state index in [2.05, 4.69) is 6.92 Å². The third-order valence-corrected chi connectivity index (χ3v) is 2.34. The van der Waals surface area contributed by atoms with Crippen LogP contribution in [0, 0.1) is 11.8 Å². The summed E-state index contributed by atoms with van der Waals surface area (Å²) in [6.07, 6.45) is 1.35. The zero-order valence-electron chi connectivity index (χ0n) is 5.67. The van der Waals surface area contributed by atoms with E-state index in [1.54, 1.807) is 0 Å². The Morgan fingerprint density at radius 2 is 2.22 bits per heavy atom. The second kappa shape index (κ2) is 1.96. The number of rotatable bonds is 0. The summed E-state index contributed by atoms with van der Waals surface area (Å²) in [5.74, 6) is 1.42. The lowest BCUT2D eigenvalue weighted by atomic mass is 9.96. The molecule has 0 radical (unpaired) electrons. The van der Waals surface area contributed by atoms with Crippen molar-refractivity contribution >= 4 is 0 Å². The van der Waals surface area contributed by atoms with Crippen molar-refractivity contribution in [2.45, 2.75) is 19.6 Å². The average molecular weight is 128 g/mol. The van der Waals surface area contributed by atoms with Crippen LogP contribution in [0.5, 0.6) is 0 Å². The summed E-state index contributed by atoms with van der Waals surface area (Å²) in [4.78, 5) is 0. The van der Waals surface area contributed by atoms with Gasteiger partial charge in [-0.15, -0.1) is 0 Å². The fourth-order valence-electron chi connectivity index (χ4n) is 1.67. The molecule has 0 aromatic heterocycles. The number of fused-ring (bicyclic) bond motifs is 1. The van der Waals surface area contributed by atoms with Crippen molar-refractivity contribution in [2.24, 2.45) is 11.8 Å². The molecule has 9 heavy (non-hydrogen) atoms. The normalized spacial score (nSPS) is 49.7. The molecule has 0 saturated carbocycles. The molecule has 0 aliphatic carbocycles. The Kier molecular flexibility index (Phi) is 1.24. The lowest BCUT2D eigenvalue weighted by molar-refractivity contribution is -0.0905. The van der Waals surface area contributed by atoms with Crippen LogP contribution in [-0.2, 0) is 9.47 Å². The van der Waals surface area contributed by atoms with Gasteiger partial charge >= 0.3 is 0 Å². The summed E-state index contributed by atoms with van der Waals surface area (Å²) in [6, 6.07) is 0. The molecule has 0 bridgehead atoms. The molecule has 2 nitrogen and oxygen atoms in total. The highest BCUT2D eigenvalue weighted by molar-refractivity contribution is 4.79. The van der Waals surface area contributed by atoms with Crippen molar-refractivity contribution < 1.29 is 9.47 Å². The van der Waals surface area contributed by atoms with E-state index in [0.29, 0.717) is 5.92 Å². The van der Waals surface area contributed by atoms with Crippen LogP contribution in [-0.4, -0.2) is 19.5 Å². The summed E-state index contributed by atoms with van der Waals surface area (Å²) < 4.78 is 10.7. The van der Waals surface area contributed by atoms with Gasteiger partial charge in [0.1, 0.15) is 0 Å². The molecule has 2 fully saturated rings. The number of hydrogen-bond donors (Lipinski definition) is 0. The topological polar surface area (TPSA) is 18.5 Å². The van der Waals surface area contributed by atoms with Crippen molar-refractivity contribution in [3.05, 3.63) is 0 Å². The maximum atomic E-state index is 5.37. The van der Waals surface area contributed by atoms with Crippen LogP contribution in [0.15, 0.2) is 0 Å². The molecule has 2 aliphatic heterocycles. The van der Waals surface area contributed by atoms with Crippen LogP contribution >= 0.6 is 0 Å². The minimum Gasteiger partial charge on any atom is -0.352 e. The third-order valence-electron chi connectivity index (χ3n) is 2.34. The molecule has 52 valence electrons. The predicted molar refractivity (Wildman–Crippen MR) is 33.0 cm³/mol. The van der Waals surface area contributed by atoms with Crippen molar-refractivity contribution in [3.63, 3.8) is 0 Å². The van der Waals surface area contributed by atoms with E-state index in [1.807, 2.05) is 0 Å². The summed E-state index contributed by atoms with van der Waals surface area (Å²) in [5.41, 5.74) is 0. The van der Waals surface area contributed by atoms with Gasteiger partial charge in [0.25, 0.3) is 0 Å². The second-order valence-corrected chi connectivity index (χ2v) is 3.00. The first-order valence-corrected chi connectivity index (χ1v) is 3.61. The Balaban J connectivity index is 2.07. The van der Waals surface area contributed by atoms with Crippen molar-refractivity contribution in [2.75, 3.05) is 13.2 Å². The average Bonchev–Trinajstić information content (AvgIpc) is 2.35. The Morgan fingerprint density at radius 1 is 1.33 bits per heavy atom. The molecule has 0 aromatic rings. The molecular formula is C7H12O2. The van der Waals surface area contributed by atoms with E-state index in [1.165, 1.54) is 6.42 Å². The molecule has 2 saturated heterocycles. The predicted octanol–water partition coefficient (Wildman–Crippen LogP) is 1.02. The van der Waals surface area contributed by atoms with Gasteiger partial charge in [0, 0.05) is 5.92 Å². The lowest BCUT2D eigenvalue weighted by Gasteiger charge is -2.07. The van der Waals surface area contributed by atoms with E-state index in [0.717, 1.165) is 19.1 Å². The van der Waals surface area contributed by atoms with E-state index < -0.39 is 0 Å². The molecule has 0 amide bonds. The zero-order valence-corrected chi connectivity index (χ0v) is 5.67. The summed E-state index contributed by atoms with van der Waals surface area (Å²) >= 11 is 0. The Morgan fingerprint density at radius 3 is 3.00 bits per heavy atom. The largest absolute Gasteiger partial charge is 0.352 e. The molecule has 3 atom stereocenters. The van der Waals surface area contributed by atoms with Crippen LogP contribution in [0.25, 0.3) is 0 Å². The first-order valence-electron chi connectivity index (χ1n) is 3.61. The first-order chi connectivity index (χ1) is 4.38. The lowest BCUT2D eigenvalue weighted by Crippen LogP contribution is -2.12. The van der Waals surface area contributed by atoms with E-state index in [9.17, 15) is 0 Å². The van der Waals surface area contributed by atoms with Gasteiger partial charge in [-0.05, 0) is 12.3 Å². The van der Waals surface area contributed by atoms with Gasteiger partial charge in [0.2, 0.25) is 0 Å². The van der Waals surface area contributed by atoms with Crippen LogP contribution in [0.1, 0.15) is 13.3 Å². The molecule has 2 heterocycles. The molecular weight excluding hydrogens is 116 g/mol. The van der Waals surface area contributed by atoms with Gasteiger partial charge in [0.15, 0.2) is 6.29 Å². The second-order valence-electron chi connectivity index (χ2n) is 3.00. The van der Waals surface area contributed by atoms with E-state index in [4.69, 9.17) is 9.47 Å². The number of ether oxygens (including phenoxy) is 2. The minimum atomic E-state index is 0.153. The smallest absolute Gasteiger partial charge is 0.160 e. The van der Waals surface area contributed by atoms with E-state index in [-0.39, 0.29) is 6.29 Å². The molecule has 1 unspecified atom stereocenters. The van der Waals surface area contributed by atoms with Gasteiger partial charge in [0.05, 0.1) is 13.2 Å². The molecule has 2 aliphatic rings. The van der Waals surface area contributed by atoms with Gasteiger partial charge in [-0.25, -0.2) is 0 Å². The SMILES string of the molecule is C[C@@H]1COC2OCC[C@H]21. The van der Waals surface area contributed by atoms with Crippen LogP contribution in [0.4, 0.5) is 0 Å². The molecule has 0 N–H and O–H groups in total. The summed E-state index contributed by atoms with van der Waals surface area (Å²) in [6.45, 7) is 4.04. The molecule has 2 rings (SSSR count). The van der Waals surface area contributed by atoms with Crippen molar-refractivity contribution in [1.82, 2.24) is 0 Å². The van der Waals surface area contributed by atoms with Crippen molar-refractivity contribution in [3.8, 4) is 0 Å². The van der Waals surface area contributed by atoms with Crippen molar-refractivity contribution in [1.29, 1.82) is 0 Å². The molecule has 2 heteroatoms. The Labute approximate surface area is 55.1 Å². The van der Waals surface area contributed by atoms with Crippen LogP contribution < -0.4 is 0 Å². The highest BCUT2D eigenvalue weighted by atomic mass is 16.7. The minimum absolute atomic E-state index is 0.153. The highest BCUT2D eigenvalue weighted by Gasteiger charge is 2.38. The standard InChI is InChI=1S/C7H12O2/c1-5-4-9-7-6(5)2-3-8-7/h5-7H,2-4H2,1H3/t5-,6+,7?/m1/s1.